The van der Waals surface area contributed by atoms with E-state index in [2.05, 4.69) is 4.74 Å². The van der Waals surface area contributed by atoms with Crippen molar-refractivity contribution in [2.24, 2.45) is 0 Å². The van der Waals surface area contributed by atoms with Gasteiger partial charge in [0.1, 0.15) is 6.54 Å². The molecule has 90 valence electrons. The van der Waals surface area contributed by atoms with Gasteiger partial charge in [-0.3, -0.25) is 14.9 Å². The van der Waals surface area contributed by atoms with E-state index in [1.165, 1.54) is 13.2 Å². The van der Waals surface area contributed by atoms with E-state index in [4.69, 9.17) is 0 Å². The monoisotopic (exact) mass is 236 g/mol. The molecule has 2 rings (SSSR count). The largest absolute Gasteiger partial charge is 0.468 e. The van der Waals surface area contributed by atoms with Gasteiger partial charge in [-0.1, -0.05) is 6.07 Å². The first-order valence-corrected chi connectivity index (χ1v) is 5.21. The molecule has 0 radical (unpaired) electrons. The summed E-state index contributed by atoms with van der Waals surface area (Å²) in [4.78, 5) is 23.5. The van der Waals surface area contributed by atoms with E-state index >= 15 is 0 Å². The fraction of sp³-hybridized carbons (Fsp3) is 0.364. The standard InChI is InChI=1S/C11H12N2O4/c1-17-11(14)7-12-6-5-8-9(12)3-2-4-10(8)13(15)16/h2-4H,5-7H2,1H3. The normalized spacial score (nSPS) is 13.4. The molecule has 1 heterocycles. The molecule has 0 aliphatic carbocycles. The lowest BCUT2D eigenvalue weighted by molar-refractivity contribution is -0.385. The van der Waals surface area contributed by atoms with Crippen LogP contribution in [0.2, 0.25) is 0 Å². The van der Waals surface area contributed by atoms with Gasteiger partial charge in [0.25, 0.3) is 5.69 Å². The Hall–Kier alpha value is -2.11. The lowest BCUT2D eigenvalue weighted by Crippen LogP contribution is -2.28. The molecule has 0 N–H and O–H groups in total. The van der Waals surface area contributed by atoms with Crippen LogP contribution in [-0.4, -0.2) is 31.1 Å². The van der Waals surface area contributed by atoms with Crippen molar-refractivity contribution in [3.8, 4) is 0 Å². The third-order valence-electron chi connectivity index (χ3n) is 2.84. The summed E-state index contributed by atoms with van der Waals surface area (Å²) < 4.78 is 4.59. The second-order valence-corrected chi connectivity index (χ2v) is 3.78. The number of methoxy groups -OCH3 is 1. The van der Waals surface area contributed by atoms with Crippen LogP contribution in [0.5, 0.6) is 0 Å². The van der Waals surface area contributed by atoms with Gasteiger partial charge in [-0.05, 0) is 12.5 Å². The number of nitro benzene ring substituents is 1. The highest BCUT2D eigenvalue weighted by molar-refractivity contribution is 5.78. The van der Waals surface area contributed by atoms with Crippen molar-refractivity contribution in [1.29, 1.82) is 0 Å². The van der Waals surface area contributed by atoms with Crippen molar-refractivity contribution in [2.75, 3.05) is 25.1 Å². The average Bonchev–Trinajstić information content (AvgIpc) is 2.72. The summed E-state index contributed by atoms with van der Waals surface area (Å²) in [6.07, 6.45) is 0.587. The lowest BCUT2D eigenvalue weighted by atomic mass is 10.1. The molecule has 0 saturated carbocycles. The lowest BCUT2D eigenvalue weighted by Gasteiger charge is -2.17. The number of anilines is 1. The predicted molar refractivity (Wildman–Crippen MR) is 61.0 cm³/mol. The van der Waals surface area contributed by atoms with Gasteiger partial charge in [0.15, 0.2) is 0 Å². The first-order chi connectivity index (χ1) is 8.13. The van der Waals surface area contributed by atoms with E-state index in [9.17, 15) is 14.9 Å². The SMILES string of the molecule is COC(=O)CN1CCc2c1cccc2[N+](=O)[O-]. The molecular formula is C11H12N2O4. The molecule has 1 aromatic carbocycles. The minimum absolute atomic E-state index is 0.120. The van der Waals surface area contributed by atoms with Crippen LogP contribution in [0.1, 0.15) is 5.56 Å². The zero-order chi connectivity index (χ0) is 12.4. The van der Waals surface area contributed by atoms with Crippen LogP contribution in [0, 0.1) is 10.1 Å². The highest BCUT2D eigenvalue weighted by Gasteiger charge is 2.27. The van der Waals surface area contributed by atoms with Gasteiger partial charge in [0.05, 0.1) is 17.6 Å². The minimum atomic E-state index is -0.388. The highest BCUT2D eigenvalue weighted by atomic mass is 16.6. The van der Waals surface area contributed by atoms with Gasteiger partial charge in [-0.25, -0.2) is 0 Å². The molecule has 0 bridgehead atoms. The number of benzene rings is 1. The summed E-state index contributed by atoms with van der Waals surface area (Å²) >= 11 is 0. The third-order valence-corrected chi connectivity index (χ3v) is 2.84. The average molecular weight is 236 g/mol. The molecule has 0 spiro atoms. The van der Waals surface area contributed by atoms with Crippen LogP contribution in [0.4, 0.5) is 11.4 Å². The molecule has 1 aliphatic rings. The van der Waals surface area contributed by atoms with Gasteiger partial charge in [-0.2, -0.15) is 0 Å². The van der Waals surface area contributed by atoms with Crippen LogP contribution in [-0.2, 0) is 16.0 Å². The van der Waals surface area contributed by atoms with Crippen molar-refractivity contribution in [3.05, 3.63) is 33.9 Å². The van der Waals surface area contributed by atoms with Crippen molar-refractivity contribution in [2.45, 2.75) is 6.42 Å². The summed E-state index contributed by atoms with van der Waals surface area (Å²) in [5.74, 6) is -0.343. The molecule has 0 fully saturated rings. The van der Waals surface area contributed by atoms with Crippen molar-refractivity contribution in [3.63, 3.8) is 0 Å². The predicted octanol–water partition coefficient (Wildman–Crippen LogP) is 1.13. The molecule has 1 aromatic rings. The summed E-state index contributed by atoms with van der Waals surface area (Å²) in [5.41, 5.74) is 1.57. The number of hydrogen-bond donors (Lipinski definition) is 0. The van der Waals surface area contributed by atoms with Crippen LogP contribution < -0.4 is 4.90 Å². The van der Waals surface area contributed by atoms with Crippen molar-refractivity contribution >= 4 is 17.3 Å². The van der Waals surface area contributed by atoms with E-state index in [0.717, 1.165) is 5.69 Å². The quantitative estimate of drug-likeness (QED) is 0.447. The molecule has 0 unspecified atom stereocenters. The van der Waals surface area contributed by atoms with Gasteiger partial charge >= 0.3 is 5.97 Å². The van der Waals surface area contributed by atoms with E-state index in [1.807, 2.05) is 0 Å². The Morgan fingerprint density at radius 3 is 3.00 bits per heavy atom. The van der Waals surface area contributed by atoms with E-state index < -0.39 is 0 Å². The minimum Gasteiger partial charge on any atom is -0.468 e. The molecule has 6 nitrogen and oxygen atoms in total. The summed E-state index contributed by atoms with van der Waals surface area (Å²) in [7, 11) is 1.33. The molecular weight excluding hydrogens is 224 g/mol. The molecule has 0 aromatic heterocycles. The second kappa shape index (κ2) is 4.40. The zero-order valence-electron chi connectivity index (χ0n) is 9.38. The van der Waals surface area contributed by atoms with Crippen LogP contribution in [0.3, 0.4) is 0 Å². The number of esters is 1. The van der Waals surface area contributed by atoms with Gasteiger partial charge in [0, 0.05) is 18.3 Å². The third kappa shape index (κ3) is 2.06. The molecule has 6 heteroatoms. The number of nitrogens with zero attached hydrogens (tertiary/aromatic N) is 2. The maximum absolute atomic E-state index is 11.2. The van der Waals surface area contributed by atoms with Crippen molar-refractivity contribution < 1.29 is 14.5 Å². The van der Waals surface area contributed by atoms with E-state index in [-0.39, 0.29) is 23.1 Å². The smallest absolute Gasteiger partial charge is 0.325 e. The summed E-state index contributed by atoms with van der Waals surface area (Å²) in [5, 5.41) is 10.8. The number of ether oxygens (including phenoxy) is 1. The topological polar surface area (TPSA) is 72.7 Å². The number of fused-ring (bicyclic) bond motifs is 1. The number of nitro groups is 1. The second-order valence-electron chi connectivity index (χ2n) is 3.78. The number of hydrogen-bond acceptors (Lipinski definition) is 5. The van der Waals surface area contributed by atoms with E-state index in [1.54, 1.807) is 17.0 Å². The van der Waals surface area contributed by atoms with Gasteiger partial charge in [0.2, 0.25) is 0 Å². The maximum Gasteiger partial charge on any atom is 0.325 e. The molecule has 0 atom stereocenters. The van der Waals surface area contributed by atoms with Crippen LogP contribution in [0.25, 0.3) is 0 Å². The fourth-order valence-electron chi connectivity index (χ4n) is 2.04. The first kappa shape index (κ1) is 11.4. The Morgan fingerprint density at radius 1 is 1.59 bits per heavy atom. The van der Waals surface area contributed by atoms with Gasteiger partial charge in [-0.15, -0.1) is 0 Å². The van der Waals surface area contributed by atoms with Crippen LogP contribution >= 0.6 is 0 Å². The summed E-state index contributed by atoms with van der Waals surface area (Å²) in [6, 6.07) is 4.91. The van der Waals surface area contributed by atoms with Crippen molar-refractivity contribution in [1.82, 2.24) is 0 Å². The maximum atomic E-state index is 11.2. The first-order valence-electron chi connectivity index (χ1n) is 5.21. The van der Waals surface area contributed by atoms with E-state index in [0.29, 0.717) is 18.5 Å². The molecule has 17 heavy (non-hydrogen) atoms. The Balaban J connectivity index is 2.30. The molecule has 0 amide bonds. The Kier molecular flexibility index (Phi) is 2.95. The number of carbonyl (C=O) groups is 1. The Labute approximate surface area is 97.9 Å². The van der Waals surface area contributed by atoms with Gasteiger partial charge < -0.3 is 9.64 Å². The highest BCUT2D eigenvalue weighted by Crippen LogP contribution is 2.34. The fourth-order valence-corrected chi connectivity index (χ4v) is 2.04. The van der Waals surface area contributed by atoms with Crippen LogP contribution in [0.15, 0.2) is 18.2 Å². The zero-order valence-corrected chi connectivity index (χ0v) is 9.38. The molecule has 0 saturated heterocycles. The Bertz CT molecular complexity index is 473. The molecule has 1 aliphatic heterocycles. The number of rotatable bonds is 3. The number of carbonyl (C=O) groups excluding carboxylic acids is 1. The summed E-state index contributed by atoms with van der Waals surface area (Å²) in [6.45, 7) is 0.736. The Morgan fingerprint density at radius 2 is 2.35 bits per heavy atom.